The van der Waals surface area contributed by atoms with Crippen molar-refractivity contribution < 1.29 is 9.59 Å². The highest BCUT2D eigenvalue weighted by Crippen LogP contribution is 2.25. The molecule has 0 saturated heterocycles. The predicted molar refractivity (Wildman–Crippen MR) is 134 cm³/mol. The zero-order valence-electron chi connectivity index (χ0n) is 18.6. The summed E-state index contributed by atoms with van der Waals surface area (Å²) in [6, 6.07) is 26.7. The van der Waals surface area contributed by atoms with Crippen LogP contribution in [0, 0.1) is 0 Å². The molecular formula is C27H25ClN4O2. The molecule has 0 radical (unpaired) electrons. The molecule has 2 N–H and O–H groups in total. The van der Waals surface area contributed by atoms with Crippen molar-refractivity contribution in [3.63, 3.8) is 0 Å². The third-order valence-electron chi connectivity index (χ3n) is 5.26. The van der Waals surface area contributed by atoms with E-state index in [2.05, 4.69) is 10.6 Å². The Hall–Kier alpha value is -3.90. The number of rotatable bonds is 9. The molecule has 6 nitrogen and oxygen atoms in total. The highest BCUT2D eigenvalue weighted by atomic mass is 35.5. The van der Waals surface area contributed by atoms with Crippen molar-refractivity contribution in [1.29, 1.82) is 0 Å². The molecule has 0 unspecified atom stereocenters. The number of benzene rings is 3. The van der Waals surface area contributed by atoms with E-state index in [4.69, 9.17) is 16.7 Å². The fourth-order valence-electron chi connectivity index (χ4n) is 3.59. The average molecular weight is 473 g/mol. The topological polar surface area (TPSA) is 76.0 Å². The van der Waals surface area contributed by atoms with E-state index in [1.807, 2.05) is 79.0 Å². The number of hydrogen-bond acceptors (Lipinski definition) is 3. The van der Waals surface area contributed by atoms with E-state index in [1.54, 1.807) is 16.8 Å². The summed E-state index contributed by atoms with van der Waals surface area (Å²) in [6.45, 7) is 0.715. The van der Waals surface area contributed by atoms with Crippen molar-refractivity contribution in [2.24, 2.45) is 0 Å². The van der Waals surface area contributed by atoms with Crippen molar-refractivity contribution in [2.75, 3.05) is 13.1 Å². The molecule has 34 heavy (non-hydrogen) atoms. The Bertz CT molecular complexity index is 1240. The van der Waals surface area contributed by atoms with Gasteiger partial charge in [-0.3, -0.25) is 9.59 Å². The Morgan fingerprint density at radius 3 is 2.00 bits per heavy atom. The molecule has 1 aromatic heterocycles. The lowest BCUT2D eigenvalue weighted by Crippen LogP contribution is -2.35. The molecular weight excluding hydrogens is 448 g/mol. The normalized spacial score (nSPS) is 10.6. The summed E-state index contributed by atoms with van der Waals surface area (Å²) in [4.78, 5) is 24.7. The molecule has 0 aliphatic carbocycles. The highest BCUT2D eigenvalue weighted by molar-refractivity contribution is 6.30. The van der Waals surface area contributed by atoms with E-state index in [0.29, 0.717) is 24.5 Å². The number of carbonyl (C=O) groups excluding carboxylic acids is 2. The maximum atomic E-state index is 12.6. The van der Waals surface area contributed by atoms with E-state index < -0.39 is 0 Å². The van der Waals surface area contributed by atoms with Gasteiger partial charge in [-0.05, 0) is 29.8 Å². The van der Waals surface area contributed by atoms with Crippen molar-refractivity contribution in [1.82, 2.24) is 20.4 Å². The van der Waals surface area contributed by atoms with Crippen LogP contribution in [-0.4, -0.2) is 34.7 Å². The number of carbonyl (C=O) groups is 2. The summed E-state index contributed by atoms with van der Waals surface area (Å²) in [7, 11) is 0. The van der Waals surface area contributed by atoms with Crippen LogP contribution in [0.1, 0.15) is 11.1 Å². The Kier molecular flexibility index (Phi) is 7.73. The van der Waals surface area contributed by atoms with Crippen LogP contribution in [0.5, 0.6) is 0 Å². The average Bonchev–Trinajstić information content (AvgIpc) is 3.27. The van der Waals surface area contributed by atoms with Gasteiger partial charge >= 0.3 is 0 Å². The third kappa shape index (κ3) is 6.33. The SMILES string of the molecule is O=C(Cc1ccccc1)NCCNC(=O)Cc1cn(-c2ccccc2)nc1-c1ccc(Cl)cc1. The molecule has 0 saturated carbocycles. The summed E-state index contributed by atoms with van der Waals surface area (Å²) in [5, 5.41) is 11.1. The molecule has 4 aromatic rings. The molecule has 2 amide bonds. The minimum Gasteiger partial charge on any atom is -0.354 e. The molecule has 7 heteroatoms. The zero-order valence-corrected chi connectivity index (χ0v) is 19.3. The number of para-hydroxylation sites is 1. The molecule has 4 rings (SSSR count). The largest absolute Gasteiger partial charge is 0.354 e. The molecule has 3 aromatic carbocycles. The zero-order chi connectivity index (χ0) is 23.8. The standard InChI is InChI=1S/C27H25ClN4O2/c28-23-13-11-21(12-14-23)27-22(19-32(31-27)24-9-5-2-6-10-24)18-26(34)30-16-15-29-25(33)17-20-7-3-1-4-8-20/h1-14,19H,15-18H2,(H,29,33)(H,30,34). The predicted octanol–water partition coefficient (Wildman–Crippen LogP) is 4.21. The van der Waals surface area contributed by atoms with Crippen molar-refractivity contribution in [2.45, 2.75) is 12.8 Å². The van der Waals surface area contributed by atoms with Crippen LogP contribution in [0.25, 0.3) is 16.9 Å². The number of halogens is 1. The first kappa shape index (κ1) is 23.3. The quantitative estimate of drug-likeness (QED) is 0.358. The van der Waals surface area contributed by atoms with Crippen LogP contribution < -0.4 is 10.6 Å². The first-order chi connectivity index (χ1) is 16.6. The van der Waals surface area contributed by atoms with E-state index in [-0.39, 0.29) is 18.2 Å². The smallest absolute Gasteiger partial charge is 0.224 e. The lowest BCUT2D eigenvalue weighted by Gasteiger charge is -2.08. The first-order valence-corrected chi connectivity index (χ1v) is 11.4. The van der Waals surface area contributed by atoms with Gasteiger partial charge in [0, 0.05) is 35.4 Å². The minimum absolute atomic E-state index is 0.0744. The number of nitrogens with zero attached hydrogens (tertiary/aromatic N) is 2. The Morgan fingerprint density at radius 2 is 1.35 bits per heavy atom. The number of nitrogens with one attached hydrogen (secondary N) is 2. The van der Waals surface area contributed by atoms with Crippen LogP contribution in [0.15, 0.2) is 91.1 Å². The Balaban J connectivity index is 1.37. The van der Waals surface area contributed by atoms with Gasteiger partial charge in [-0.15, -0.1) is 0 Å². The fraction of sp³-hybridized carbons (Fsp3) is 0.148. The maximum Gasteiger partial charge on any atom is 0.224 e. The van der Waals surface area contributed by atoms with E-state index in [9.17, 15) is 9.59 Å². The Labute approximate surface area is 203 Å². The van der Waals surface area contributed by atoms with Crippen LogP contribution >= 0.6 is 11.6 Å². The van der Waals surface area contributed by atoms with Gasteiger partial charge in [0.25, 0.3) is 0 Å². The summed E-state index contributed by atoms with van der Waals surface area (Å²) in [5.41, 5.74) is 4.28. The second-order valence-corrected chi connectivity index (χ2v) is 8.27. The Morgan fingerprint density at radius 1 is 0.765 bits per heavy atom. The first-order valence-electron chi connectivity index (χ1n) is 11.1. The van der Waals surface area contributed by atoms with Gasteiger partial charge in [-0.1, -0.05) is 72.3 Å². The van der Waals surface area contributed by atoms with Gasteiger partial charge in [0.15, 0.2) is 0 Å². The summed E-state index contributed by atoms with van der Waals surface area (Å²) in [5.74, 6) is -0.213. The summed E-state index contributed by atoms with van der Waals surface area (Å²) >= 11 is 6.04. The van der Waals surface area contributed by atoms with Crippen molar-refractivity contribution in [3.05, 3.63) is 107 Å². The van der Waals surface area contributed by atoms with Crippen LogP contribution in [0.4, 0.5) is 0 Å². The molecule has 0 bridgehead atoms. The third-order valence-corrected chi connectivity index (χ3v) is 5.51. The van der Waals surface area contributed by atoms with Crippen LogP contribution in [0.2, 0.25) is 5.02 Å². The second kappa shape index (κ2) is 11.3. The number of hydrogen-bond donors (Lipinski definition) is 2. The molecule has 1 heterocycles. The van der Waals surface area contributed by atoms with Gasteiger partial charge in [0.1, 0.15) is 0 Å². The molecule has 172 valence electrons. The van der Waals surface area contributed by atoms with Crippen molar-refractivity contribution in [3.8, 4) is 16.9 Å². The summed E-state index contributed by atoms with van der Waals surface area (Å²) in [6.07, 6.45) is 2.36. The molecule has 0 fully saturated rings. The van der Waals surface area contributed by atoms with Gasteiger partial charge in [-0.25, -0.2) is 4.68 Å². The summed E-state index contributed by atoms with van der Waals surface area (Å²) < 4.78 is 1.77. The molecule has 0 aliphatic rings. The van der Waals surface area contributed by atoms with Gasteiger partial charge < -0.3 is 10.6 Å². The molecule has 0 aliphatic heterocycles. The number of aromatic nitrogens is 2. The fourth-order valence-corrected chi connectivity index (χ4v) is 3.71. The van der Waals surface area contributed by atoms with Crippen LogP contribution in [0.3, 0.4) is 0 Å². The second-order valence-electron chi connectivity index (χ2n) is 7.83. The highest BCUT2D eigenvalue weighted by Gasteiger charge is 2.15. The van der Waals surface area contributed by atoms with Gasteiger partial charge in [0.05, 0.1) is 24.2 Å². The lowest BCUT2D eigenvalue weighted by atomic mass is 10.1. The molecule has 0 spiro atoms. The monoisotopic (exact) mass is 472 g/mol. The minimum atomic E-state index is -0.139. The molecule has 0 atom stereocenters. The lowest BCUT2D eigenvalue weighted by molar-refractivity contribution is -0.122. The maximum absolute atomic E-state index is 12.6. The van der Waals surface area contributed by atoms with Gasteiger partial charge in [0.2, 0.25) is 11.8 Å². The van der Waals surface area contributed by atoms with Gasteiger partial charge in [-0.2, -0.15) is 5.10 Å². The van der Waals surface area contributed by atoms with Crippen molar-refractivity contribution >= 4 is 23.4 Å². The van der Waals surface area contributed by atoms with E-state index in [1.165, 1.54) is 0 Å². The van der Waals surface area contributed by atoms with Crippen LogP contribution in [-0.2, 0) is 22.4 Å². The van der Waals surface area contributed by atoms with E-state index in [0.717, 1.165) is 28.1 Å². The number of amides is 2. The van der Waals surface area contributed by atoms with E-state index >= 15 is 0 Å².